The summed E-state index contributed by atoms with van der Waals surface area (Å²) in [5, 5.41) is 11.4. The molecule has 0 aliphatic carbocycles. The lowest BCUT2D eigenvalue weighted by Gasteiger charge is -2.37. The van der Waals surface area contributed by atoms with Crippen LogP contribution in [0, 0.1) is 0 Å². The van der Waals surface area contributed by atoms with Gasteiger partial charge in [0.1, 0.15) is 12.1 Å². The van der Waals surface area contributed by atoms with Gasteiger partial charge in [0, 0.05) is 31.9 Å². The summed E-state index contributed by atoms with van der Waals surface area (Å²) >= 11 is 1.12. The predicted octanol–water partition coefficient (Wildman–Crippen LogP) is -0.571. The number of carbonyl (C=O) groups excluding carboxylic acids is 2. The highest BCUT2D eigenvalue weighted by Crippen LogP contribution is 2.16. The number of carboxylic acids is 1. The lowest BCUT2D eigenvalue weighted by molar-refractivity contribution is -0.144. The number of hydrogen-bond acceptors (Lipinski definition) is 5. The van der Waals surface area contributed by atoms with Crippen LogP contribution in [0.4, 0.5) is 4.79 Å². The number of hydrogen-bond donors (Lipinski definition) is 2. The molecular weight excluding hydrogens is 270 g/mol. The molecule has 106 valence electrons. The van der Waals surface area contributed by atoms with Crippen LogP contribution in [0.25, 0.3) is 0 Å². The quantitative estimate of drug-likeness (QED) is 0.722. The minimum Gasteiger partial charge on any atom is -0.480 e. The summed E-state index contributed by atoms with van der Waals surface area (Å²) in [5.74, 6) is -0.441. The third kappa shape index (κ3) is 3.19. The lowest BCUT2D eigenvalue weighted by Crippen LogP contribution is -2.56. The second-order valence-electron chi connectivity index (χ2n) is 4.67. The van der Waals surface area contributed by atoms with Crippen molar-refractivity contribution in [3.8, 4) is 0 Å². The van der Waals surface area contributed by atoms with Crippen molar-refractivity contribution in [2.45, 2.75) is 19.0 Å². The maximum atomic E-state index is 12.1. The van der Waals surface area contributed by atoms with Crippen LogP contribution in [-0.2, 0) is 9.59 Å². The molecule has 2 heterocycles. The summed E-state index contributed by atoms with van der Waals surface area (Å²) in [6, 6.07) is -0.958. The van der Waals surface area contributed by atoms with Gasteiger partial charge in [-0.2, -0.15) is 0 Å². The summed E-state index contributed by atoms with van der Waals surface area (Å²) < 4.78 is 0. The molecule has 2 aliphatic heterocycles. The van der Waals surface area contributed by atoms with Crippen molar-refractivity contribution >= 4 is 28.9 Å². The van der Waals surface area contributed by atoms with Crippen molar-refractivity contribution in [3.63, 3.8) is 0 Å². The first kappa shape index (κ1) is 14.1. The molecule has 0 bridgehead atoms. The molecule has 2 atom stereocenters. The Bertz CT molecular complexity index is 395. The molecule has 0 aromatic heterocycles. The van der Waals surface area contributed by atoms with Gasteiger partial charge < -0.3 is 15.3 Å². The van der Waals surface area contributed by atoms with E-state index in [2.05, 4.69) is 5.32 Å². The Morgan fingerprint density at radius 2 is 2.00 bits per heavy atom. The highest BCUT2D eigenvalue weighted by Gasteiger charge is 2.34. The van der Waals surface area contributed by atoms with Crippen LogP contribution in [0.2, 0.25) is 0 Å². The number of nitrogens with zero attached hydrogens (tertiary/aromatic N) is 2. The summed E-state index contributed by atoms with van der Waals surface area (Å²) in [6.45, 7) is 3.76. The molecule has 2 amide bonds. The molecule has 7 nitrogen and oxygen atoms in total. The zero-order valence-corrected chi connectivity index (χ0v) is 11.5. The van der Waals surface area contributed by atoms with E-state index >= 15 is 0 Å². The molecule has 19 heavy (non-hydrogen) atoms. The van der Waals surface area contributed by atoms with Gasteiger partial charge in [0.05, 0.1) is 0 Å². The molecule has 2 unspecified atom stereocenters. The minimum atomic E-state index is -0.848. The normalized spacial score (nSPS) is 26.1. The summed E-state index contributed by atoms with van der Waals surface area (Å²) in [6.07, 6.45) is 0. The van der Waals surface area contributed by atoms with Crippen molar-refractivity contribution in [2.24, 2.45) is 0 Å². The van der Waals surface area contributed by atoms with Gasteiger partial charge >= 0.3 is 5.97 Å². The number of aliphatic carboxylic acids is 1. The van der Waals surface area contributed by atoms with Crippen LogP contribution in [0.5, 0.6) is 0 Å². The zero-order valence-electron chi connectivity index (χ0n) is 10.7. The van der Waals surface area contributed by atoms with Crippen molar-refractivity contribution in [1.29, 1.82) is 0 Å². The van der Waals surface area contributed by atoms with E-state index in [1.807, 2.05) is 4.90 Å². The Kier molecular flexibility index (Phi) is 4.31. The van der Waals surface area contributed by atoms with E-state index in [0.29, 0.717) is 31.9 Å². The minimum absolute atomic E-state index is 0.0685. The maximum absolute atomic E-state index is 12.1. The topological polar surface area (TPSA) is 90.0 Å². The van der Waals surface area contributed by atoms with Crippen LogP contribution in [0.1, 0.15) is 6.92 Å². The summed E-state index contributed by atoms with van der Waals surface area (Å²) in [5.41, 5.74) is 0. The molecule has 2 N–H and O–H groups in total. The monoisotopic (exact) mass is 287 g/mol. The summed E-state index contributed by atoms with van der Waals surface area (Å²) in [4.78, 5) is 37.6. The molecule has 8 heteroatoms. The lowest BCUT2D eigenvalue weighted by atomic mass is 10.2. The molecule has 2 aliphatic rings. The SMILES string of the molecule is CC(C(=O)O)N1CCN(C(=O)C2CSC(=O)N2)CC1. The van der Waals surface area contributed by atoms with E-state index in [9.17, 15) is 14.4 Å². The van der Waals surface area contributed by atoms with Gasteiger partial charge in [-0.1, -0.05) is 11.8 Å². The highest BCUT2D eigenvalue weighted by molar-refractivity contribution is 8.14. The Labute approximate surface area is 115 Å². The van der Waals surface area contributed by atoms with Gasteiger partial charge in [-0.25, -0.2) is 0 Å². The van der Waals surface area contributed by atoms with Crippen LogP contribution < -0.4 is 5.32 Å². The predicted molar refractivity (Wildman–Crippen MR) is 70.0 cm³/mol. The van der Waals surface area contributed by atoms with Crippen LogP contribution in [0.3, 0.4) is 0 Å². The second kappa shape index (κ2) is 5.79. The average molecular weight is 287 g/mol. The van der Waals surface area contributed by atoms with Gasteiger partial charge in [-0.15, -0.1) is 0 Å². The third-order valence-electron chi connectivity index (χ3n) is 3.50. The molecule has 0 radical (unpaired) electrons. The van der Waals surface area contributed by atoms with E-state index in [0.717, 1.165) is 11.8 Å². The number of rotatable bonds is 3. The standard InChI is InChI=1S/C11H17N3O4S/c1-7(10(16)17)13-2-4-14(5-3-13)9(15)8-6-19-11(18)12-8/h7-8H,2-6H2,1H3,(H,12,18)(H,16,17). The molecule has 0 aromatic carbocycles. The summed E-state index contributed by atoms with van der Waals surface area (Å²) in [7, 11) is 0. The average Bonchev–Trinajstić information content (AvgIpc) is 2.84. The van der Waals surface area contributed by atoms with Crippen LogP contribution in [0.15, 0.2) is 0 Å². The van der Waals surface area contributed by atoms with E-state index in [-0.39, 0.29) is 11.1 Å². The molecule has 2 rings (SSSR count). The molecule has 2 fully saturated rings. The van der Waals surface area contributed by atoms with Crippen LogP contribution >= 0.6 is 11.8 Å². The number of piperazine rings is 1. The van der Waals surface area contributed by atoms with E-state index in [1.165, 1.54) is 0 Å². The van der Waals surface area contributed by atoms with E-state index < -0.39 is 18.1 Å². The first-order valence-electron chi connectivity index (χ1n) is 6.18. The van der Waals surface area contributed by atoms with Gasteiger partial charge in [0.25, 0.3) is 5.24 Å². The molecule has 0 spiro atoms. The van der Waals surface area contributed by atoms with Crippen molar-refractivity contribution in [1.82, 2.24) is 15.1 Å². The first-order chi connectivity index (χ1) is 8.99. The van der Waals surface area contributed by atoms with Crippen LogP contribution in [-0.4, -0.2) is 76.0 Å². The van der Waals surface area contributed by atoms with E-state index in [4.69, 9.17) is 5.11 Å². The number of carbonyl (C=O) groups is 3. The second-order valence-corrected chi connectivity index (χ2v) is 5.66. The number of thioether (sulfide) groups is 1. The van der Waals surface area contributed by atoms with Gasteiger partial charge in [0.15, 0.2) is 0 Å². The first-order valence-corrected chi connectivity index (χ1v) is 7.16. The smallest absolute Gasteiger partial charge is 0.320 e. The molecule has 2 saturated heterocycles. The number of carboxylic acid groups (broad SMARTS) is 1. The fraction of sp³-hybridized carbons (Fsp3) is 0.727. The Morgan fingerprint density at radius 1 is 1.37 bits per heavy atom. The van der Waals surface area contributed by atoms with Gasteiger partial charge in [-0.3, -0.25) is 19.3 Å². The maximum Gasteiger partial charge on any atom is 0.320 e. The van der Waals surface area contributed by atoms with Gasteiger partial charge in [-0.05, 0) is 6.92 Å². The highest BCUT2D eigenvalue weighted by atomic mass is 32.2. The number of amides is 2. The molecule has 0 aromatic rings. The van der Waals surface area contributed by atoms with Crippen molar-refractivity contribution in [3.05, 3.63) is 0 Å². The number of nitrogens with one attached hydrogen (secondary N) is 1. The molecule has 0 saturated carbocycles. The molecular formula is C11H17N3O4S. The van der Waals surface area contributed by atoms with Crippen molar-refractivity contribution < 1.29 is 19.5 Å². The largest absolute Gasteiger partial charge is 0.480 e. The van der Waals surface area contributed by atoms with Crippen molar-refractivity contribution in [2.75, 3.05) is 31.9 Å². The Balaban J connectivity index is 1.84. The Morgan fingerprint density at radius 3 is 2.47 bits per heavy atom. The third-order valence-corrected chi connectivity index (χ3v) is 4.38. The fourth-order valence-electron chi connectivity index (χ4n) is 2.22. The van der Waals surface area contributed by atoms with Gasteiger partial charge in [0.2, 0.25) is 5.91 Å². The fourth-order valence-corrected chi connectivity index (χ4v) is 2.99. The van der Waals surface area contributed by atoms with E-state index in [1.54, 1.807) is 11.8 Å². The zero-order chi connectivity index (χ0) is 14.0. The Hall–Kier alpha value is -1.28.